The maximum Gasteiger partial charge on any atom is -0.0170 e. The van der Waals surface area contributed by atoms with Crippen molar-refractivity contribution < 1.29 is 0 Å². The molecule has 0 radical (unpaired) electrons. The molecule has 14 saturated carbocycles. The molecule has 0 heterocycles. The van der Waals surface area contributed by atoms with E-state index in [1.807, 2.05) is 0 Å². The van der Waals surface area contributed by atoms with E-state index < -0.39 is 0 Å². The van der Waals surface area contributed by atoms with Crippen LogP contribution in [0.2, 0.25) is 0 Å². The lowest BCUT2D eigenvalue weighted by atomic mass is 9.19. The molecule has 0 spiro atoms. The topological polar surface area (TPSA) is 0 Å². The second kappa shape index (κ2) is 4.19. The van der Waals surface area contributed by atoms with Crippen LogP contribution in [0.1, 0.15) is 77.0 Å². The van der Waals surface area contributed by atoms with Crippen LogP contribution in [0.3, 0.4) is 0 Å². The van der Waals surface area contributed by atoms with E-state index in [9.17, 15) is 0 Å². The molecule has 16 bridgehead atoms. The maximum absolute atomic E-state index is 1.75. The highest BCUT2D eigenvalue weighted by Gasteiger charge is 2.82. The SMILES string of the molecule is C1C2CC3C4CC5CC(C14)C(C2)C3(C12CC3CC4C6CC(CC41)CC2C6C3)C5. The van der Waals surface area contributed by atoms with Crippen molar-refractivity contribution in [2.45, 2.75) is 77.0 Å². The Hall–Kier alpha value is 0. The van der Waals surface area contributed by atoms with Gasteiger partial charge in [0.05, 0.1) is 0 Å². The molecule has 14 rings (SSSR count). The zero-order valence-corrected chi connectivity index (χ0v) is 17.6. The predicted molar refractivity (Wildman–Crippen MR) is 109 cm³/mol. The van der Waals surface area contributed by atoms with Gasteiger partial charge in [-0.25, -0.2) is 0 Å². The molecule has 14 fully saturated rings. The van der Waals surface area contributed by atoms with Crippen molar-refractivity contribution in [2.24, 2.45) is 93.7 Å². The van der Waals surface area contributed by atoms with Gasteiger partial charge < -0.3 is 0 Å². The maximum atomic E-state index is 1.75. The molecule has 0 aromatic heterocycles. The van der Waals surface area contributed by atoms with Crippen LogP contribution in [0.25, 0.3) is 0 Å². The van der Waals surface area contributed by atoms with Crippen LogP contribution in [-0.2, 0) is 0 Å². The summed E-state index contributed by atoms with van der Waals surface area (Å²) in [6, 6.07) is 0. The van der Waals surface area contributed by atoms with Crippen LogP contribution in [0, 0.1) is 93.7 Å². The first kappa shape index (κ1) is 14.9. The van der Waals surface area contributed by atoms with Gasteiger partial charge in [-0.1, -0.05) is 0 Å². The Bertz CT molecular complexity index is 680. The Morgan fingerprint density at radius 3 is 1.00 bits per heavy atom. The summed E-state index contributed by atoms with van der Waals surface area (Å²) in [4.78, 5) is 0. The summed E-state index contributed by atoms with van der Waals surface area (Å²) in [5.41, 5.74) is 1.77. The molecule has 8 atom stereocenters. The van der Waals surface area contributed by atoms with E-state index in [0.29, 0.717) is 0 Å². The van der Waals surface area contributed by atoms with Crippen LogP contribution < -0.4 is 0 Å². The standard InChI is InChI=1S/C28H38/c1-13-7-23-19-3-15-4-20(17(1)19)24(8-13)27(23,11-15)28-12-16-5-21-18-2-14(9-25(21)28)10-26(28)22(18)6-16/h13-26H,1-12H2. The van der Waals surface area contributed by atoms with Crippen LogP contribution in [0.4, 0.5) is 0 Å². The summed E-state index contributed by atoms with van der Waals surface area (Å²) in [5.74, 6) is 16.9. The monoisotopic (exact) mass is 374 g/mol. The highest BCUT2D eigenvalue weighted by atomic mass is 14.9. The van der Waals surface area contributed by atoms with Gasteiger partial charge in [0.2, 0.25) is 0 Å². The largest absolute Gasteiger partial charge is 0.0470 e. The van der Waals surface area contributed by atoms with E-state index in [2.05, 4.69) is 0 Å². The van der Waals surface area contributed by atoms with Gasteiger partial charge in [0.1, 0.15) is 0 Å². The zero-order valence-electron chi connectivity index (χ0n) is 17.6. The smallest absolute Gasteiger partial charge is 0.0170 e. The van der Waals surface area contributed by atoms with Gasteiger partial charge in [-0.3, -0.25) is 0 Å². The second-order valence-electron chi connectivity index (χ2n) is 14.7. The van der Waals surface area contributed by atoms with Crippen LogP contribution in [0.5, 0.6) is 0 Å². The quantitative estimate of drug-likeness (QED) is 0.498. The molecule has 14 aliphatic rings. The van der Waals surface area contributed by atoms with Crippen molar-refractivity contribution in [2.75, 3.05) is 0 Å². The molecule has 8 unspecified atom stereocenters. The Balaban J connectivity index is 1.25. The summed E-state index contributed by atoms with van der Waals surface area (Å²) in [6.07, 6.45) is 20.5. The zero-order chi connectivity index (χ0) is 17.6. The predicted octanol–water partition coefficient (Wildman–Crippen LogP) is 6.40. The van der Waals surface area contributed by atoms with Crippen molar-refractivity contribution in [3.63, 3.8) is 0 Å². The lowest BCUT2D eigenvalue weighted by Crippen LogP contribution is -2.80. The van der Waals surface area contributed by atoms with Crippen molar-refractivity contribution in [1.29, 1.82) is 0 Å². The van der Waals surface area contributed by atoms with Crippen LogP contribution in [0.15, 0.2) is 0 Å². The Kier molecular flexibility index (Phi) is 2.23. The minimum atomic E-state index is 0.884. The van der Waals surface area contributed by atoms with Gasteiger partial charge in [0.15, 0.2) is 0 Å². The second-order valence-corrected chi connectivity index (χ2v) is 14.7. The first-order chi connectivity index (χ1) is 13.8. The molecule has 14 aliphatic carbocycles. The number of rotatable bonds is 1. The van der Waals surface area contributed by atoms with E-state index in [1.54, 1.807) is 77.0 Å². The Morgan fingerprint density at radius 2 is 0.643 bits per heavy atom. The molecule has 0 saturated heterocycles. The third kappa shape index (κ3) is 1.23. The normalized spacial score (nSPS) is 78.0. The molecule has 0 aromatic rings. The first-order valence-electron chi connectivity index (χ1n) is 13.8. The van der Waals surface area contributed by atoms with Crippen molar-refractivity contribution in [3.05, 3.63) is 0 Å². The Morgan fingerprint density at radius 1 is 0.321 bits per heavy atom. The number of hydrogen-bond acceptors (Lipinski definition) is 0. The van der Waals surface area contributed by atoms with Crippen molar-refractivity contribution in [1.82, 2.24) is 0 Å². The molecule has 150 valence electrons. The van der Waals surface area contributed by atoms with E-state index in [4.69, 9.17) is 0 Å². The highest BCUT2D eigenvalue weighted by Crippen LogP contribution is 2.88. The summed E-state index contributed by atoms with van der Waals surface area (Å²) < 4.78 is 0. The van der Waals surface area contributed by atoms with E-state index in [1.165, 1.54) is 82.9 Å². The van der Waals surface area contributed by atoms with Crippen LogP contribution in [-0.4, -0.2) is 0 Å². The van der Waals surface area contributed by atoms with Crippen molar-refractivity contribution >= 4 is 0 Å². The molecule has 28 heavy (non-hydrogen) atoms. The third-order valence-electron chi connectivity index (χ3n) is 15.0. The molecular weight excluding hydrogens is 336 g/mol. The fourth-order valence-corrected chi connectivity index (χ4v) is 15.7. The lowest BCUT2D eigenvalue weighted by molar-refractivity contribution is -0.378. The summed E-state index contributed by atoms with van der Waals surface area (Å²) in [6.45, 7) is 0. The Labute approximate surface area is 171 Å². The first-order valence-corrected chi connectivity index (χ1v) is 13.8. The molecule has 0 amide bonds. The summed E-state index contributed by atoms with van der Waals surface area (Å²) in [7, 11) is 0. The molecule has 0 nitrogen and oxygen atoms in total. The average molecular weight is 375 g/mol. The fraction of sp³-hybridized carbons (Fsp3) is 1.00. The van der Waals surface area contributed by atoms with Gasteiger partial charge >= 0.3 is 0 Å². The third-order valence-corrected chi connectivity index (χ3v) is 15.0. The fourth-order valence-electron chi connectivity index (χ4n) is 15.7. The van der Waals surface area contributed by atoms with Crippen LogP contribution >= 0.6 is 0 Å². The van der Waals surface area contributed by atoms with Gasteiger partial charge in [0, 0.05) is 0 Å². The molecule has 0 aliphatic heterocycles. The van der Waals surface area contributed by atoms with E-state index in [-0.39, 0.29) is 0 Å². The number of hydrogen-bond donors (Lipinski definition) is 0. The molecule has 0 aromatic carbocycles. The van der Waals surface area contributed by atoms with E-state index >= 15 is 0 Å². The van der Waals surface area contributed by atoms with Crippen molar-refractivity contribution in [3.8, 4) is 0 Å². The summed E-state index contributed by atoms with van der Waals surface area (Å²) in [5, 5.41) is 0. The minimum Gasteiger partial charge on any atom is -0.0470 e. The van der Waals surface area contributed by atoms with Gasteiger partial charge in [-0.2, -0.15) is 0 Å². The molecule has 0 heteroatoms. The van der Waals surface area contributed by atoms with Gasteiger partial charge in [0.25, 0.3) is 0 Å². The molecular formula is C28H38. The molecule has 0 N–H and O–H groups in total. The minimum absolute atomic E-state index is 0.884. The van der Waals surface area contributed by atoms with Gasteiger partial charge in [-0.15, -0.1) is 0 Å². The highest BCUT2D eigenvalue weighted by molar-refractivity contribution is 5.30. The summed E-state index contributed by atoms with van der Waals surface area (Å²) >= 11 is 0. The lowest BCUT2D eigenvalue weighted by Gasteiger charge is -2.86. The van der Waals surface area contributed by atoms with E-state index in [0.717, 1.165) is 10.8 Å². The average Bonchev–Trinajstić information content (AvgIpc) is 2.74. The van der Waals surface area contributed by atoms with Gasteiger partial charge in [-0.05, 0) is 171 Å².